The number of halogens is 3. The molecule has 1 aliphatic rings. The lowest BCUT2D eigenvalue weighted by Gasteiger charge is -2.35. The minimum absolute atomic E-state index is 0.0832. The predicted molar refractivity (Wildman–Crippen MR) is 100 cm³/mol. The van der Waals surface area contributed by atoms with Crippen LogP contribution in [0.1, 0.15) is 36.4 Å². The van der Waals surface area contributed by atoms with Gasteiger partial charge in [-0.15, -0.1) is 0 Å². The number of rotatable bonds is 4. The second-order valence-electron chi connectivity index (χ2n) is 7.10. The van der Waals surface area contributed by atoms with E-state index in [1.807, 2.05) is 6.92 Å². The average molecular weight is 400 g/mol. The van der Waals surface area contributed by atoms with E-state index >= 15 is 0 Å². The molecule has 150 valence electrons. The maximum absolute atomic E-state index is 13.9. The largest absolute Gasteiger partial charge is 0.441 e. The van der Waals surface area contributed by atoms with Crippen LogP contribution in [0.3, 0.4) is 0 Å². The van der Waals surface area contributed by atoms with Gasteiger partial charge in [-0.25, -0.2) is 18.2 Å². The monoisotopic (exact) mass is 400 g/mol. The van der Waals surface area contributed by atoms with E-state index in [2.05, 4.69) is 4.98 Å². The summed E-state index contributed by atoms with van der Waals surface area (Å²) in [5.41, 5.74) is 2.00. The Morgan fingerprint density at radius 3 is 2.72 bits per heavy atom. The molecule has 29 heavy (non-hydrogen) atoms. The number of fused-ring (bicyclic) bond motifs is 1. The van der Waals surface area contributed by atoms with Crippen LogP contribution in [0.5, 0.6) is 0 Å². The van der Waals surface area contributed by atoms with Crippen molar-refractivity contribution in [1.82, 2.24) is 9.88 Å². The lowest BCUT2D eigenvalue weighted by atomic mass is 9.93. The van der Waals surface area contributed by atoms with E-state index in [4.69, 9.17) is 4.42 Å². The quantitative estimate of drug-likeness (QED) is 0.630. The average Bonchev–Trinajstić information content (AvgIpc) is 3.15. The molecule has 2 heterocycles. The van der Waals surface area contributed by atoms with Gasteiger partial charge >= 0.3 is 0 Å². The SMILES string of the molecule is CC1c2cc(F)ccc2CCN1C(=O)CCc1ncc(-c2ccc(F)cc2F)o1. The molecule has 7 heteroatoms. The van der Waals surface area contributed by atoms with Crippen LogP contribution in [0.4, 0.5) is 13.2 Å². The Balaban J connectivity index is 1.42. The molecule has 1 aliphatic heterocycles. The Hall–Kier alpha value is -3.09. The van der Waals surface area contributed by atoms with Crippen LogP contribution in [0.2, 0.25) is 0 Å². The van der Waals surface area contributed by atoms with Gasteiger partial charge in [0, 0.05) is 25.5 Å². The van der Waals surface area contributed by atoms with Gasteiger partial charge in [-0.2, -0.15) is 0 Å². The summed E-state index contributed by atoms with van der Waals surface area (Å²) in [5.74, 6) is -1.33. The smallest absolute Gasteiger partial charge is 0.223 e. The molecule has 1 unspecified atom stereocenters. The first-order valence-electron chi connectivity index (χ1n) is 9.40. The van der Waals surface area contributed by atoms with Crippen molar-refractivity contribution in [3.05, 3.63) is 77.1 Å². The van der Waals surface area contributed by atoms with E-state index in [1.54, 1.807) is 11.0 Å². The summed E-state index contributed by atoms with van der Waals surface area (Å²) in [4.78, 5) is 18.5. The van der Waals surface area contributed by atoms with E-state index < -0.39 is 11.6 Å². The summed E-state index contributed by atoms with van der Waals surface area (Å²) in [6.45, 7) is 2.45. The van der Waals surface area contributed by atoms with Crippen LogP contribution in [-0.2, 0) is 17.6 Å². The van der Waals surface area contributed by atoms with Crippen molar-refractivity contribution in [2.24, 2.45) is 0 Å². The molecular formula is C22H19F3N2O2. The highest BCUT2D eigenvalue weighted by atomic mass is 19.1. The van der Waals surface area contributed by atoms with Gasteiger partial charge in [0.25, 0.3) is 0 Å². The van der Waals surface area contributed by atoms with Crippen LogP contribution in [0, 0.1) is 17.5 Å². The molecule has 1 aromatic heterocycles. The minimum Gasteiger partial charge on any atom is -0.441 e. The number of hydrogen-bond donors (Lipinski definition) is 0. The van der Waals surface area contributed by atoms with Crippen LogP contribution in [0.25, 0.3) is 11.3 Å². The van der Waals surface area contributed by atoms with Crippen LogP contribution in [0.15, 0.2) is 47.0 Å². The Morgan fingerprint density at radius 1 is 1.17 bits per heavy atom. The van der Waals surface area contributed by atoms with Gasteiger partial charge in [-0.1, -0.05) is 6.07 Å². The summed E-state index contributed by atoms with van der Waals surface area (Å²) < 4.78 is 46.1. The molecule has 0 bridgehead atoms. The van der Waals surface area contributed by atoms with Gasteiger partial charge < -0.3 is 9.32 Å². The van der Waals surface area contributed by atoms with Gasteiger partial charge in [0.2, 0.25) is 5.91 Å². The number of carbonyl (C=O) groups is 1. The fraction of sp³-hybridized carbons (Fsp3) is 0.273. The highest BCUT2D eigenvalue weighted by Gasteiger charge is 2.28. The Morgan fingerprint density at radius 2 is 1.93 bits per heavy atom. The van der Waals surface area contributed by atoms with Crippen molar-refractivity contribution in [1.29, 1.82) is 0 Å². The zero-order chi connectivity index (χ0) is 20.5. The number of aryl methyl sites for hydroxylation is 1. The molecule has 1 atom stereocenters. The Kier molecular flexibility index (Phi) is 5.13. The predicted octanol–water partition coefficient (Wildman–Crippen LogP) is 4.84. The van der Waals surface area contributed by atoms with Crippen molar-refractivity contribution < 1.29 is 22.4 Å². The Bertz CT molecular complexity index is 1060. The molecule has 3 aromatic rings. The number of amides is 1. The highest BCUT2D eigenvalue weighted by Crippen LogP contribution is 2.31. The van der Waals surface area contributed by atoms with Gasteiger partial charge in [0.1, 0.15) is 17.5 Å². The highest BCUT2D eigenvalue weighted by molar-refractivity contribution is 5.77. The first-order chi connectivity index (χ1) is 13.9. The molecular weight excluding hydrogens is 381 g/mol. The zero-order valence-electron chi connectivity index (χ0n) is 15.8. The molecule has 4 rings (SSSR count). The van der Waals surface area contributed by atoms with Crippen molar-refractivity contribution in [3.8, 4) is 11.3 Å². The second-order valence-corrected chi connectivity index (χ2v) is 7.10. The zero-order valence-corrected chi connectivity index (χ0v) is 15.8. The van der Waals surface area contributed by atoms with Gasteiger partial charge in [-0.3, -0.25) is 4.79 Å². The van der Waals surface area contributed by atoms with Crippen molar-refractivity contribution in [3.63, 3.8) is 0 Å². The van der Waals surface area contributed by atoms with E-state index in [-0.39, 0.29) is 41.9 Å². The van der Waals surface area contributed by atoms with Crippen LogP contribution >= 0.6 is 0 Å². The third-order valence-corrected chi connectivity index (χ3v) is 5.27. The van der Waals surface area contributed by atoms with E-state index in [0.29, 0.717) is 18.9 Å². The summed E-state index contributed by atoms with van der Waals surface area (Å²) in [5, 5.41) is 0. The van der Waals surface area contributed by atoms with Crippen LogP contribution < -0.4 is 0 Å². The summed E-state index contributed by atoms with van der Waals surface area (Å²) in [6.07, 6.45) is 2.46. The first-order valence-corrected chi connectivity index (χ1v) is 9.40. The van der Waals surface area contributed by atoms with E-state index in [9.17, 15) is 18.0 Å². The van der Waals surface area contributed by atoms with Crippen molar-refractivity contribution in [2.45, 2.75) is 32.2 Å². The normalized spacial score (nSPS) is 16.0. The molecule has 4 nitrogen and oxygen atoms in total. The summed E-state index contributed by atoms with van der Waals surface area (Å²) in [6, 6.07) is 7.68. The number of aromatic nitrogens is 1. The summed E-state index contributed by atoms with van der Waals surface area (Å²) in [7, 11) is 0. The molecule has 0 N–H and O–H groups in total. The molecule has 0 aliphatic carbocycles. The van der Waals surface area contributed by atoms with E-state index in [0.717, 1.165) is 23.3 Å². The molecule has 0 saturated heterocycles. The van der Waals surface area contributed by atoms with Gasteiger partial charge in [0.15, 0.2) is 11.7 Å². The Labute approximate surface area is 166 Å². The molecule has 2 aromatic carbocycles. The van der Waals surface area contributed by atoms with Gasteiger partial charge in [0.05, 0.1) is 17.8 Å². The lowest BCUT2D eigenvalue weighted by molar-refractivity contribution is -0.133. The third kappa shape index (κ3) is 3.90. The fourth-order valence-electron chi connectivity index (χ4n) is 3.72. The molecule has 0 saturated carbocycles. The second kappa shape index (κ2) is 7.73. The number of hydrogen-bond acceptors (Lipinski definition) is 3. The molecule has 0 fully saturated rings. The maximum atomic E-state index is 13.9. The number of oxazole rings is 1. The molecule has 0 spiro atoms. The minimum atomic E-state index is -0.739. The lowest BCUT2D eigenvalue weighted by Crippen LogP contribution is -2.39. The molecule has 0 radical (unpaired) electrons. The van der Waals surface area contributed by atoms with Gasteiger partial charge in [-0.05, 0) is 48.7 Å². The van der Waals surface area contributed by atoms with Crippen LogP contribution in [-0.4, -0.2) is 22.3 Å². The first kappa shape index (κ1) is 19.2. The maximum Gasteiger partial charge on any atom is 0.223 e. The third-order valence-electron chi connectivity index (χ3n) is 5.27. The number of benzene rings is 2. The van der Waals surface area contributed by atoms with Crippen molar-refractivity contribution in [2.75, 3.05) is 6.54 Å². The fourth-order valence-corrected chi connectivity index (χ4v) is 3.72. The molecule has 1 amide bonds. The topological polar surface area (TPSA) is 46.3 Å². The van der Waals surface area contributed by atoms with E-state index in [1.165, 1.54) is 24.4 Å². The number of carbonyl (C=O) groups excluding carboxylic acids is 1. The number of nitrogens with zero attached hydrogens (tertiary/aromatic N) is 2. The van der Waals surface area contributed by atoms with Crippen molar-refractivity contribution >= 4 is 5.91 Å². The standard InChI is InChI=1S/C22H19F3N2O2/c1-13-18-10-15(23)3-2-14(18)8-9-27(13)22(28)7-6-21-26-12-20(29-21)17-5-4-16(24)11-19(17)25/h2-5,10-13H,6-9H2,1H3. The summed E-state index contributed by atoms with van der Waals surface area (Å²) >= 11 is 0.